The molecule has 0 radical (unpaired) electrons. The summed E-state index contributed by atoms with van der Waals surface area (Å²) in [6, 6.07) is 18.4. The lowest BCUT2D eigenvalue weighted by Gasteiger charge is -2.15. The summed E-state index contributed by atoms with van der Waals surface area (Å²) >= 11 is 6.15. The Hall–Kier alpha value is -3.44. The van der Waals surface area contributed by atoms with E-state index in [1.165, 1.54) is 4.90 Å². The largest absolute Gasteiger partial charge is 0.350 e. The van der Waals surface area contributed by atoms with Crippen LogP contribution in [0.4, 0.5) is 5.69 Å². The maximum absolute atomic E-state index is 13.3. The predicted octanol–water partition coefficient (Wildman–Crippen LogP) is 4.74. The number of hydrogen-bond donors (Lipinski definition) is 1. The molecule has 30 heavy (non-hydrogen) atoms. The van der Waals surface area contributed by atoms with Crippen molar-refractivity contribution < 1.29 is 9.59 Å². The third-order valence-corrected chi connectivity index (χ3v) is 5.25. The SMILES string of the molecule is Cc1ccc(C2=C(Nc3cc(Cl)ccc3C)C(=O)N(Cc3ccccn3)C2=O)cc1. The van der Waals surface area contributed by atoms with E-state index in [1.54, 1.807) is 30.5 Å². The van der Waals surface area contributed by atoms with Gasteiger partial charge in [-0.05, 0) is 49.2 Å². The molecule has 0 unspecified atom stereocenters. The number of imide groups is 1. The lowest BCUT2D eigenvalue weighted by atomic mass is 10.0. The molecule has 2 amide bonds. The molecule has 1 aromatic heterocycles. The van der Waals surface area contributed by atoms with Crippen molar-refractivity contribution in [1.29, 1.82) is 0 Å². The van der Waals surface area contributed by atoms with Gasteiger partial charge in [-0.2, -0.15) is 0 Å². The highest BCUT2D eigenvalue weighted by Crippen LogP contribution is 2.32. The zero-order valence-electron chi connectivity index (χ0n) is 16.6. The summed E-state index contributed by atoms with van der Waals surface area (Å²) in [5.74, 6) is -0.739. The van der Waals surface area contributed by atoms with Crippen LogP contribution in [0.15, 0.2) is 72.6 Å². The Morgan fingerprint density at radius 3 is 2.43 bits per heavy atom. The quantitative estimate of drug-likeness (QED) is 0.609. The van der Waals surface area contributed by atoms with Gasteiger partial charge in [-0.3, -0.25) is 19.5 Å². The number of benzene rings is 2. The van der Waals surface area contributed by atoms with Gasteiger partial charge in [0.15, 0.2) is 0 Å². The molecule has 150 valence electrons. The summed E-state index contributed by atoms with van der Waals surface area (Å²) in [5, 5.41) is 3.72. The van der Waals surface area contributed by atoms with Crippen LogP contribution in [0.1, 0.15) is 22.4 Å². The summed E-state index contributed by atoms with van der Waals surface area (Å²) in [6.45, 7) is 3.99. The average Bonchev–Trinajstić information content (AvgIpc) is 2.96. The number of pyridine rings is 1. The lowest BCUT2D eigenvalue weighted by molar-refractivity contribution is -0.137. The Morgan fingerprint density at radius 1 is 0.967 bits per heavy atom. The van der Waals surface area contributed by atoms with Gasteiger partial charge in [0.2, 0.25) is 0 Å². The normalized spacial score (nSPS) is 13.9. The monoisotopic (exact) mass is 417 g/mol. The molecule has 0 spiro atoms. The number of carbonyl (C=O) groups is 2. The number of amides is 2. The smallest absolute Gasteiger partial charge is 0.278 e. The summed E-state index contributed by atoms with van der Waals surface area (Å²) in [4.78, 5) is 32.1. The van der Waals surface area contributed by atoms with Crippen molar-refractivity contribution in [2.45, 2.75) is 20.4 Å². The summed E-state index contributed by atoms with van der Waals surface area (Å²) < 4.78 is 0. The molecule has 5 nitrogen and oxygen atoms in total. The predicted molar refractivity (Wildman–Crippen MR) is 118 cm³/mol. The van der Waals surface area contributed by atoms with Crippen LogP contribution in [-0.2, 0) is 16.1 Å². The van der Waals surface area contributed by atoms with E-state index < -0.39 is 0 Å². The molecule has 0 fully saturated rings. The van der Waals surface area contributed by atoms with Crippen molar-refractivity contribution >= 4 is 34.7 Å². The first kappa shape index (κ1) is 19.9. The van der Waals surface area contributed by atoms with E-state index in [2.05, 4.69) is 10.3 Å². The van der Waals surface area contributed by atoms with Crippen LogP contribution in [0.3, 0.4) is 0 Å². The van der Waals surface area contributed by atoms with Crippen LogP contribution in [0.5, 0.6) is 0 Å². The molecule has 0 aliphatic carbocycles. The third-order valence-electron chi connectivity index (χ3n) is 5.01. The van der Waals surface area contributed by atoms with Gasteiger partial charge in [0, 0.05) is 16.9 Å². The zero-order valence-corrected chi connectivity index (χ0v) is 17.4. The molecule has 0 atom stereocenters. The third kappa shape index (κ3) is 3.84. The number of nitrogens with zero attached hydrogens (tertiary/aromatic N) is 2. The van der Waals surface area contributed by atoms with E-state index in [4.69, 9.17) is 11.6 Å². The maximum Gasteiger partial charge on any atom is 0.278 e. The van der Waals surface area contributed by atoms with E-state index >= 15 is 0 Å². The summed E-state index contributed by atoms with van der Waals surface area (Å²) in [5.41, 5.74) is 4.58. The Morgan fingerprint density at radius 2 is 1.73 bits per heavy atom. The molecule has 4 rings (SSSR count). The molecular formula is C24H20ClN3O2. The number of anilines is 1. The van der Waals surface area contributed by atoms with Crippen LogP contribution in [0.2, 0.25) is 5.02 Å². The van der Waals surface area contributed by atoms with Gasteiger partial charge in [0.25, 0.3) is 11.8 Å². The summed E-state index contributed by atoms with van der Waals surface area (Å²) in [7, 11) is 0. The molecule has 1 aliphatic rings. The fourth-order valence-electron chi connectivity index (χ4n) is 3.34. The van der Waals surface area contributed by atoms with Gasteiger partial charge in [0.05, 0.1) is 17.8 Å². The van der Waals surface area contributed by atoms with Crippen molar-refractivity contribution in [1.82, 2.24) is 9.88 Å². The van der Waals surface area contributed by atoms with E-state index in [0.29, 0.717) is 27.5 Å². The van der Waals surface area contributed by atoms with Crippen molar-refractivity contribution in [3.63, 3.8) is 0 Å². The molecule has 2 aromatic carbocycles. The van der Waals surface area contributed by atoms with Crippen molar-refractivity contribution in [3.8, 4) is 0 Å². The Labute approximate surface area is 180 Å². The van der Waals surface area contributed by atoms with Gasteiger partial charge < -0.3 is 5.32 Å². The standard InChI is InChI=1S/C24H20ClN3O2/c1-15-6-9-17(10-7-15)21-22(27-20-13-18(25)11-8-16(20)2)24(30)28(23(21)29)14-19-5-3-4-12-26-19/h3-13,27H,14H2,1-2H3. The van der Waals surface area contributed by atoms with E-state index in [9.17, 15) is 9.59 Å². The lowest BCUT2D eigenvalue weighted by Crippen LogP contribution is -2.32. The van der Waals surface area contributed by atoms with Crippen LogP contribution < -0.4 is 5.32 Å². The number of nitrogens with one attached hydrogen (secondary N) is 1. The highest BCUT2D eigenvalue weighted by molar-refractivity contribution is 6.36. The second-order valence-electron chi connectivity index (χ2n) is 7.22. The van der Waals surface area contributed by atoms with Gasteiger partial charge in [-0.15, -0.1) is 0 Å². The van der Waals surface area contributed by atoms with Gasteiger partial charge in [-0.1, -0.05) is 53.6 Å². The van der Waals surface area contributed by atoms with E-state index in [0.717, 1.165) is 11.1 Å². The van der Waals surface area contributed by atoms with Crippen LogP contribution in [0, 0.1) is 13.8 Å². The molecular weight excluding hydrogens is 398 g/mol. The highest BCUT2D eigenvalue weighted by atomic mass is 35.5. The molecule has 0 saturated heterocycles. The fourth-order valence-corrected chi connectivity index (χ4v) is 3.51. The van der Waals surface area contributed by atoms with Crippen LogP contribution >= 0.6 is 11.6 Å². The number of aryl methyl sites for hydroxylation is 2. The topological polar surface area (TPSA) is 62.3 Å². The molecule has 1 N–H and O–H groups in total. The average molecular weight is 418 g/mol. The molecule has 0 bridgehead atoms. The first-order valence-corrected chi connectivity index (χ1v) is 9.92. The second kappa shape index (κ2) is 8.13. The Kier molecular flexibility index (Phi) is 5.38. The van der Waals surface area contributed by atoms with Gasteiger partial charge in [-0.25, -0.2) is 0 Å². The number of aromatic nitrogens is 1. The molecule has 2 heterocycles. The zero-order chi connectivity index (χ0) is 21.3. The maximum atomic E-state index is 13.3. The first-order chi connectivity index (χ1) is 14.4. The number of carbonyl (C=O) groups excluding carboxylic acids is 2. The van der Waals surface area contributed by atoms with E-state index in [1.807, 2.05) is 50.2 Å². The number of halogens is 1. The first-order valence-electron chi connectivity index (χ1n) is 9.54. The minimum Gasteiger partial charge on any atom is -0.350 e. The van der Waals surface area contributed by atoms with Crippen LogP contribution in [0.25, 0.3) is 5.57 Å². The van der Waals surface area contributed by atoms with E-state index in [-0.39, 0.29) is 24.1 Å². The van der Waals surface area contributed by atoms with Gasteiger partial charge in [0.1, 0.15) is 5.70 Å². The number of hydrogen-bond acceptors (Lipinski definition) is 4. The van der Waals surface area contributed by atoms with Crippen molar-refractivity contribution in [3.05, 3.63) is 100.0 Å². The second-order valence-corrected chi connectivity index (χ2v) is 7.65. The highest BCUT2D eigenvalue weighted by Gasteiger charge is 2.39. The van der Waals surface area contributed by atoms with Crippen LogP contribution in [-0.4, -0.2) is 21.7 Å². The number of rotatable bonds is 5. The minimum atomic E-state index is -0.388. The van der Waals surface area contributed by atoms with Crippen molar-refractivity contribution in [2.24, 2.45) is 0 Å². The fraction of sp³-hybridized carbons (Fsp3) is 0.125. The molecule has 0 saturated carbocycles. The molecule has 1 aliphatic heterocycles. The van der Waals surface area contributed by atoms with Gasteiger partial charge >= 0.3 is 0 Å². The van der Waals surface area contributed by atoms with Crippen molar-refractivity contribution in [2.75, 3.05) is 5.32 Å². The minimum absolute atomic E-state index is 0.105. The molecule has 6 heteroatoms. The summed E-state index contributed by atoms with van der Waals surface area (Å²) in [6.07, 6.45) is 1.64. The molecule has 3 aromatic rings. The Balaban J connectivity index is 1.77. The Bertz CT molecular complexity index is 1150.